The Balaban J connectivity index is 0.000000980. The number of nitrogen functional groups attached to an aromatic ring is 1. The third-order valence-corrected chi connectivity index (χ3v) is 2.54. The smallest absolute Gasteiger partial charge is 0.224 e. The first-order chi connectivity index (χ1) is 6.16. The largest absolute Gasteiger partial charge is 0.398 e. The SMILES string of the molecule is Cl.Nc1cc2c(cc1S)CCC(=O)N2. The number of halogens is 1. The molecule has 0 atom stereocenters. The van der Waals surface area contributed by atoms with Crippen LogP contribution in [0.15, 0.2) is 17.0 Å². The number of anilines is 2. The minimum atomic E-state index is 0. The van der Waals surface area contributed by atoms with Gasteiger partial charge in [-0.15, -0.1) is 25.0 Å². The third-order valence-electron chi connectivity index (χ3n) is 2.15. The molecule has 1 heterocycles. The second-order valence-corrected chi connectivity index (χ2v) is 3.60. The molecule has 76 valence electrons. The Hall–Kier alpha value is -0.870. The molecule has 14 heavy (non-hydrogen) atoms. The van der Waals surface area contributed by atoms with Crippen molar-refractivity contribution in [3.8, 4) is 0 Å². The molecule has 1 aromatic carbocycles. The van der Waals surface area contributed by atoms with Crippen LogP contribution >= 0.6 is 25.0 Å². The lowest BCUT2D eigenvalue weighted by Gasteiger charge is -2.17. The Morgan fingerprint density at radius 3 is 2.79 bits per heavy atom. The fourth-order valence-electron chi connectivity index (χ4n) is 1.43. The van der Waals surface area contributed by atoms with E-state index in [2.05, 4.69) is 17.9 Å². The molecule has 0 spiro atoms. The molecule has 1 aromatic rings. The number of amides is 1. The van der Waals surface area contributed by atoms with Crippen molar-refractivity contribution in [2.45, 2.75) is 17.7 Å². The number of benzene rings is 1. The van der Waals surface area contributed by atoms with Gasteiger partial charge in [-0.25, -0.2) is 0 Å². The summed E-state index contributed by atoms with van der Waals surface area (Å²) in [7, 11) is 0. The number of hydrogen-bond acceptors (Lipinski definition) is 3. The summed E-state index contributed by atoms with van der Waals surface area (Å²) in [6, 6.07) is 3.67. The minimum Gasteiger partial charge on any atom is -0.398 e. The van der Waals surface area contributed by atoms with Gasteiger partial charge < -0.3 is 11.1 Å². The summed E-state index contributed by atoms with van der Waals surface area (Å²) in [6.45, 7) is 0. The van der Waals surface area contributed by atoms with Crippen LogP contribution in [-0.4, -0.2) is 5.91 Å². The van der Waals surface area contributed by atoms with Crippen LogP contribution in [0, 0.1) is 0 Å². The molecule has 5 heteroatoms. The van der Waals surface area contributed by atoms with Crippen LogP contribution in [-0.2, 0) is 11.2 Å². The highest BCUT2D eigenvalue weighted by molar-refractivity contribution is 7.80. The van der Waals surface area contributed by atoms with Crippen LogP contribution in [0.1, 0.15) is 12.0 Å². The maximum absolute atomic E-state index is 11.1. The van der Waals surface area contributed by atoms with Crippen LogP contribution in [0.5, 0.6) is 0 Å². The Labute approximate surface area is 93.9 Å². The zero-order chi connectivity index (χ0) is 9.42. The van der Waals surface area contributed by atoms with Crippen molar-refractivity contribution in [3.05, 3.63) is 17.7 Å². The van der Waals surface area contributed by atoms with Crippen molar-refractivity contribution in [1.29, 1.82) is 0 Å². The molecule has 1 aliphatic rings. The number of carbonyl (C=O) groups excluding carboxylic acids is 1. The Kier molecular flexibility index (Phi) is 3.29. The maximum Gasteiger partial charge on any atom is 0.224 e. The van der Waals surface area contributed by atoms with E-state index in [4.69, 9.17) is 5.73 Å². The number of aryl methyl sites for hydroxylation is 1. The van der Waals surface area contributed by atoms with Crippen LogP contribution in [0.2, 0.25) is 0 Å². The molecule has 0 aromatic heterocycles. The zero-order valence-electron chi connectivity index (χ0n) is 7.41. The quantitative estimate of drug-likeness (QED) is 0.471. The van der Waals surface area contributed by atoms with Gasteiger partial charge in [-0.1, -0.05) is 0 Å². The topological polar surface area (TPSA) is 55.1 Å². The zero-order valence-corrected chi connectivity index (χ0v) is 9.12. The summed E-state index contributed by atoms with van der Waals surface area (Å²) in [5, 5.41) is 2.78. The van der Waals surface area contributed by atoms with E-state index in [9.17, 15) is 4.79 Å². The molecule has 3 nitrogen and oxygen atoms in total. The van der Waals surface area contributed by atoms with Gasteiger partial charge in [0, 0.05) is 22.7 Å². The van der Waals surface area contributed by atoms with Gasteiger partial charge in [0.15, 0.2) is 0 Å². The molecule has 3 N–H and O–H groups in total. The van der Waals surface area contributed by atoms with Crippen molar-refractivity contribution in [3.63, 3.8) is 0 Å². The Morgan fingerprint density at radius 1 is 1.36 bits per heavy atom. The summed E-state index contributed by atoms with van der Waals surface area (Å²) >= 11 is 4.22. The average Bonchev–Trinajstić information content (AvgIpc) is 2.08. The summed E-state index contributed by atoms with van der Waals surface area (Å²) in [4.78, 5) is 11.8. The number of hydrogen-bond donors (Lipinski definition) is 3. The predicted octanol–water partition coefficient (Wildman–Crippen LogP) is 1.86. The molecule has 1 amide bonds. The lowest BCUT2D eigenvalue weighted by Crippen LogP contribution is -2.19. The van der Waals surface area contributed by atoms with E-state index in [0.717, 1.165) is 22.6 Å². The first-order valence-electron chi connectivity index (χ1n) is 4.08. The first-order valence-corrected chi connectivity index (χ1v) is 4.53. The van der Waals surface area contributed by atoms with Crippen molar-refractivity contribution in [2.24, 2.45) is 0 Å². The van der Waals surface area contributed by atoms with Gasteiger partial charge in [-0.2, -0.15) is 0 Å². The van der Waals surface area contributed by atoms with Crippen molar-refractivity contribution in [2.75, 3.05) is 11.1 Å². The van der Waals surface area contributed by atoms with E-state index in [1.54, 1.807) is 6.07 Å². The second-order valence-electron chi connectivity index (χ2n) is 3.12. The van der Waals surface area contributed by atoms with Crippen molar-refractivity contribution >= 4 is 42.3 Å². The molecule has 0 aliphatic carbocycles. The number of rotatable bonds is 0. The third kappa shape index (κ3) is 1.96. The van der Waals surface area contributed by atoms with Crippen LogP contribution in [0.25, 0.3) is 0 Å². The highest BCUT2D eigenvalue weighted by Crippen LogP contribution is 2.29. The Bertz CT molecular complexity index is 381. The maximum atomic E-state index is 11.1. The molecule has 0 saturated carbocycles. The second kappa shape index (κ2) is 4.11. The molecule has 1 aliphatic heterocycles. The highest BCUT2D eigenvalue weighted by atomic mass is 35.5. The van der Waals surface area contributed by atoms with Gasteiger partial charge in [0.05, 0.1) is 0 Å². The summed E-state index contributed by atoms with van der Waals surface area (Å²) < 4.78 is 0. The van der Waals surface area contributed by atoms with Gasteiger partial charge in [0.2, 0.25) is 5.91 Å². The van der Waals surface area contributed by atoms with Crippen LogP contribution < -0.4 is 11.1 Å². The van der Waals surface area contributed by atoms with Crippen molar-refractivity contribution < 1.29 is 4.79 Å². The van der Waals surface area contributed by atoms with E-state index in [0.29, 0.717) is 12.1 Å². The van der Waals surface area contributed by atoms with E-state index in [-0.39, 0.29) is 18.3 Å². The Morgan fingerprint density at radius 2 is 2.07 bits per heavy atom. The highest BCUT2D eigenvalue weighted by Gasteiger charge is 2.15. The summed E-state index contributed by atoms with van der Waals surface area (Å²) in [5.41, 5.74) is 8.20. The molecule has 0 bridgehead atoms. The predicted molar refractivity (Wildman–Crippen MR) is 62.3 cm³/mol. The molecular formula is C9H11ClN2OS. The van der Waals surface area contributed by atoms with Gasteiger partial charge in [0.25, 0.3) is 0 Å². The number of thiol groups is 1. The lowest BCUT2D eigenvalue weighted by atomic mass is 10.0. The van der Waals surface area contributed by atoms with Gasteiger partial charge >= 0.3 is 0 Å². The fourth-order valence-corrected chi connectivity index (χ4v) is 1.65. The first kappa shape index (κ1) is 11.2. The van der Waals surface area contributed by atoms with Crippen molar-refractivity contribution in [1.82, 2.24) is 0 Å². The number of nitrogens with one attached hydrogen (secondary N) is 1. The summed E-state index contributed by atoms with van der Waals surface area (Å²) in [6.07, 6.45) is 1.32. The lowest BCUT2D eigenvalue weighted by molar-refractivity contribution is -0.116. The standard InChI is InChI=1S/C9H10N2OS.ClH/c10-6-4-7-5(3-8(6)13)1-2-9(12)11-7;/h3-4,13H,1-2,10H2,(H,11,12);1H. The molecule has 0 radical (unpaired) electrons. The number of fused-ring (bicyclic) bond motifs is 1. The molecule has 0 unspecified atom stereocenters. The van der Waals surface area contributed by atoms with Gasteiger partial charge in [-0.05, 0) is 24.1 Å². The fraction of sp³-hybridized carbons (Fsp3) is 0.222. The van der Waals surface area contributed by atoms with E-state index >= 15 is 0 Å². The average molecular weight is 231 g/mol. The normalized spacial score (nSPS) is 13.9. The monoisotopic (exact) mass is 230 g/mol. The van der Waals surface area contributed by atoms with E-state index < -0.39 is 0 Å². The summed E-state index contributed by atoms with van der Waals surface area (Å²) in [5.74, 6) is 0.0545. The molecular weight excluding hydrogens is 220 g/mol. The van der Waals surface area contributed by atoms with E-state index in [1.165, 1.54) is 0 Å². The van der Waals surface area contributed by atoms with Gasteiger partial charge in [-0.3, -0.25) is 4.79 Å². The number of nitrogens with two attached hydrogens (primary N) is 1. The van der Waals surface area contributed by atoms with E-state index in [1.807, 2.05) is 6.07 Å². The molecule has 2 rings (SSSR count). The molecule has 0 saturated heterocycles. The minimum absolute atomic E-state index is 0. The van der Waals surface area contributed by atoms with Gasteiger partial charge in [0.1, 0.15) is 0 Å². The van der Waals surface area contributed by atoms with Crippen LogP contribution in [0.3, 0.4) is 0 Å². The van der Waals surface area contributed by atoms with Crippen LogP contribution in [0.4, 0.5) is 11.4 Å². The number of carbonyl (C=O) groups is 1. The molecule has 0 fully saturated rings.